The van der Waals surface area contributed by atoms with E-state index in [4.69, 9.17) is 4.74 Å². The Hall–Kier alpha value is -2.37. The van der Waals surface area contributed by atoms with Crippen LogP contribution in [0.4, 0.5) is 0 Å². The van der Waals surface area contributed by atoms with Gasteiger partial charge in [-0.25, -0.2) is 4.79 Å². The number of fused-ring (bicyclic) bond motifs is 1. The maximum Gasteiger partial charge on any atom is 0.326 e. The predicted molar refractivity (Wildman–Crippen MR) is 123 cm³/mol. The number of hydrogen-bond donors (Lipinski definition) is 4. The smallest absolute Gasteiger partial charge is 0.326 e. The average Bonchev–Trinajstić information content (AvgIpc) is 3.39. The third kappa shape index (κ3) is 5.46. The zero-order chi connectivity index (χ0) is 21.8. The fourth-order valence-electron chi connectivity index (χ4n) is 3.39. The van der Waals surface area contributed by atoms with Gasteiger partial charge in [0.25, 0.3) is 5.56 Å². The number of aliphatic hydroxyl groups is 1. The molecule has 164 valence electrons. The molecule has 4 rings (SSSR count). The van der Waals surface area contributed by atoms with Gasteiger partial charge in [-0.3, -0.25) is 19.4 Å². The second-order valence-corrected chi connectivity index (χ2v) is 9.41. The molecule has 3 atom stereocenters. The number of aromatic amines is 2. The van der Waals surface area contributed by atoms with E-state index in [1.54, 1.807) is 29.7 Å². The number of hydrogen-bond acceptors (Lipinski definition) is 8. The highest BCUT2D eigenvalue weighted by molar-refractivity contribution is 7.97. The van der Waals surface area contributed by atoms with Gasteiger partial charge in [-0.2, -0.15) is 0 Å². The summed E-state index contributed by atoms with van der Waals surface area (Å²) in [5.74, 6) is 0.294. The predicted octanol–water partition coefficient (Wildman–Crippen LogP) is 2.24. The number of thiophene rings is 1. The highest BCUT2D eigenvalue weighted by Gasteiger charge is 2.26. The van der Waals surface area contributed by atoms with E-state index in [9.17, 15) is 14.7 Å². The van der Waals surface area contributed by atoms with E-state index >= 15 is 0 Å². The third-order valence-corrected chi connectivity index (χ3v) is 6.83. The summed E-state index contributed by atoms with van der Waals surface area (Å²) in [6.07, 6.45) is 3.06. The Balaban J connectivity index is 1.38. The highest BCUT2D eigenvalue weighted by atomic mass is 32.2. The van der Waals surface area contributed by atoms with E-state index < -0.39 is 17.5 Å². The average molecular weight is 461 g/mol. The lowest BCUT2D eigenvalue weighted by Gasteiger charge is -2.30. The first-order chi connectivity index (χ1) is 15.0. The molecular formula is C21H24N4O4S2. The summed E-state index contributed by atoms with van der Waals surface area (Å²) in [5, 5.41) is 13.3. The van der Waals surface area contributed by atoms with Crippen molar-refractivity contribution in [3.63, 3.8) is 0 Å². The molecule has 1 aromatic carbocycles. The summed E-state index contributed by atoms with van der Waals surface area (Å²) in [5.41, 5.74) is -0.469. The van der Waals surface area contributed by atoms with Crippen LogP contribution >= 0.6 is 23.3 Å². The van der Waals surface area contributed by atoms with Crippen LogP contribution in [-0.4, -0.2) is 45.4 Å². The molecule has 1 aliphatic rings. The minimum Gasteiger partial charge on any atom is -0.496 e. The van der Waals surface area contributed by atoms with Crippen LogP contribution < -0.4 is 16.0 Å². The Morgan fingerprint density at radius 1 is 1.32 bits per heavy atom. The molecule has 3 unspecified atom stereocenters. The van der Waals surface area contributed by atoms with Crippen molar-refractivity contribution >= 4 is 34.2 Å². The Kier molecular flexibility index (Phi) is 6.93. The van der Waals surface area contributed by atoms with Crippen LogP contribution in [0, 0.1) is 5.92 Å². The zero-order valence-corrected chi connectivity index (χ0v) is 18.5. The fourth-order valence-corrected chi connectivity index (χ4v) is 4.83. The second kappa shape index (κ2) is 9.84. The van der Waals surface area contributed by atoms with Crippen molar-refractivity contribution in [3.8, 4) is 0 Å². The number of ether oxygens (including phenoxy) is 1. The van der Waals surface area contributed by atoms with Crippen molar-refractivity contribution in [2.75, 3.05) is 13.1 Å². The molecular weight excluding hydrogens is 436 g/mol. The molecule has 10 heteroatoms. The number of rotatable bonds is 9. The summed E-state index contributed by atoms with van der Waals surface area (Å²) < 4.78 is 8.87. The molecule has 8 nitrogen and oxygen atoms in total. The largest absolute Gasteiger partial charge is 0.496 e. The summed E-state index contributed by atoms with van der Waals surface area (Å²) in [4.78, 5) is 32.2. The monoisotopic (exact) mass is 460 g/mol. The molecule has 4 N–H and O–H groups in total. The van der Waals surface area contributed by atoms with Crippen molar-refractivity contribution in [2.24, 2.45) is 5.92 Å². The van der Waals surface area contributed by atoms with Crippen LogP contribution in [0.1, 0.15) is 11.8 Å². The first-order valence-corrected chi connectivity index (χ1v) is 11.6. The molecule has 0 bridgehead atoms. The quantitative estimate of drug-likeness (QED) is 0.286. The van der Waals surface area contributed by atoms with Crippen molar-refractivity contribution in [2.45, 2.75) is 30.7 Å². The number of benzene rings is 1. The maximum atomic E-state index is 12.0. The molecule has 0 aliphatic carbocycles. The van der Waals surface area contributed by atoms with Crippen LogP contribution in [0.25, 0.3) is 10.9 Å². The van der Waals surface area contributed by atoms with E-state index in [1.165, 1.54) is 16.8 Å². The van der Waals surface area contributed by atoms with Crippen molar-refractivity contribution < 1.29 is 9.84 Å². The molecule has 0 radical (unpaired) electrons. The minimum atomic E-state index is -0.716. The zero-order valence-electron chi connectivity index (χ0n) is 16.9. The summed E-state index contributed by atoms with van der Waals surface area (Å²) in [6.45, 7) is 3.67. The van der Waals surface area contributed by atoms with E-state index in [-0.39, 0.29) is 6.10 Å². The molecule has 0 saturated heterocycles. The molecule has 2 aromatic heterocycles. The standard InChI is InChI=1S/C21H24N4O4S2/c1-13-6-7-29-18(13)12-25(11-15-3-2-8-30-15)19(26)10-22-31-14-4-5-17-16(9-14)20(27)24-21(28)23-17/h2-9,13,18-19,22,26H,10-12H2,1H3,(H2,23,24,27,28). The van der Waals surface area contributed by atoms with Gasteiger partial charge in [-0.1, -0.05) is 13.0 Å². The van der Waals surface area contributed by atoms with Crippen LogP contribution in [0.3, 0.4) is 0 Å². The van der Waals surface area contributed by atoms with Crippen LogP contribution in [-0.2, 0) is 11.3 Å². The molecule has 0 saturated carbocycles. The molecule has 1 aliphatic heterocycles. The van der Waals surface area contributed by atoms with Gasteiger partial charge in [0, 0.05) is 35.3 Å². The summed E-state index contributed by atoms with van der Waals surface area (Å²) in [6, 6.07) is 9.27. The second-order valence-electron chi connectivity index (χ2n) is 7.42. The first kappa shape index (κ1) is 21.8. The van der Waals surface area contributed by atoms with Gasteiger partial charge >= 0.3 is 5.69 Å². The van der Waals surface area contributed by atoms with Gasteiger partial charge in [0.1, 0.15) is 12.3 Å². The van der Waals surface area contributed by atoms with Crippen LogP contribution in [0.15, 0.2) is 62.5 Å². The summed E-state index contributed by atoms with van der Waals surface area (Å²) >= 11 is 2.98. The van der Waals surface area contributed by atoms with Crippen molar-refractivity contribution in [3.05, 3.63) is 73.8 Å². The SMILES string of the molecule is CC1C=COC1CN(Cc1cccs1)C(O)CNSc1ccc2[nH]c(=O)[nH]c(=O)c2c1. The van der Waals surface area contributed by atoms with Gasteiger partial charge in [-0.15, -0.1) is 11.3 Å². The van der Waals surface area contributed by atoms with E-state index in [1.807, 2.05) is 28.5 Å². The number of aliphatic hydroxyl groups excluding tert-OH is 1. The highest BCUT2D eigenvalue weighted by Crippen LogP contribution is 2.22. The maximum absolute atomic E-state index is 12.0. The van der Waals surface area contributed by atoms with Crippen LogP contribution in [0.5, 0.6) is 0 Å². The van der Waals surface area contributed by atoms with Crippen LogP contribution in [0.2, 0.25) is 0 Å². The number of nitrogens with one attached hydrogen (secondary N) is 3. The molecule has 31 heavy (non-hydrogen) atoms. The third-order valence-electron chi connectivity index (χ3n) is 5.16. The Morgan fingerprint density at radius 3 is 2.94 bits per heavy atom. The van der Waals surface area contributed by atoms with Crippen molar-refractivity contribution in [1.29, 1.82) is 0 Å². The number of H-pyrrole nitrogens is 2. The van der Waals surface area contributed by atoms with E-state index in [2.05, 4.69) is 27.7 Å². The van der Waals surface area contributed by atoms with Gasteiger partial charge < -0.3 is 14.8 Å². The number of aromatic nitrogens is 2. The lowest BCUT2D eigenvalue weighted by atomic mass is 10.1. The molecule has 0 spiro atoms. The lowest BCUT2D eigenvalue weighted by Crippen LogP contribution is -2.45. The Bertz CT molecular complexity index is 1160. The summed E-state index contributed by atoms with van der Waals surface area (Å²) in [7, 11) is 0. The minimum absolute atomic E-state index is 0.0108. The molecule has 3 heterocycles. The molecule has 0 fully saturated rings. The first-order valence-electron chi connectivity index (χ1n) is 9.92. The van der Waals surface area contributed by atoms with Gasteiger partial charge in [0.2, 0.25) is 0 Å². The van der Waals surface area contributed by atoms with E-state index in [0.717, 1.165) is 4.90 Å². The number of nitrogens with zero attached hydrogens (tertiary/aromatic N) is 1. The topological polar surface area (TPSA) is 110 Å². The molecule has 3 aromatic rings. The van der Waals surface area contributed by atoms with E-state index in [0.29, 0.717) is 36.5 Å². The Morgan fingerprint density at radius 2 is 2.19 bits per heavy atom. The van der Waals surface area contributed by atoms with Gasteiger partial charge in [-0.05, 0) is 47.7 Å². The lowest BCUT2D eigenvalue weighted by molar-refractivity contribution is -0.0277. The van der Waals surface area contributed by atoms with Gasteiger partial charge in [0.15, 0.2) is 0 Å². The molecule has 0 amide bonds. The fraction of sp³-hybridized carbons (Fsp3) is 0.333. The van der Waals surface area contributed by atoms with Gasteiger partial charge in [0.05, 0.1) is 17.2 Å². The normalized spacial score (nSPS) is 19.2. The van der Waals surface area contributed by atoms with Crippen molar-refractivity contribution in [1.82, 2.24) is 19.6 Å². The Labute approximate surface area is 187 Å².